The fraction of sp³-hybridized carbons (Fsp3) is 0.667. The van der Waals surface area contributed by atoms with Gasteiger partial charge in [-0.05, 0) is 37.2 Å². The molecule has 0 radical (unpaired) electrons. The van der Waals surface area contributed by atoms with Crippen molar-refractivity contribution in [1.29, 1.82) is 0 Å². The molecule has 0 aliphatic carbocycles. The number of carbonyl (C=O) groups is 1. The molecule has 1 aromatic carbocycles. The first kappa shape index (κ1) is 18.0. The van der Waals surface area contributed by atoms with Crippen LogP contribution in [0.1, 0.15) is 43.7 Å². The SMILES string of the molecule is O=C(CC1CC2CCC(C1)N2)NCC(c1ccccc1)N1CCOCC1. The number of piperidine rings is 1. The Bertz CT molecular complexity index is 576. The molecule has 1 amide bonds. The quantitative estimate of drug-likeness (QED) is 0.819. The zero-order chi connectivity index (χ0) is 17.8. The maximum atomic E-state index is 12.6. The molecule has 3 saturated heterocycles. The number of fused-ring (bicyclic) bond motifs is 2. The van der Waals surface area contributed by atoms with E-state index in [4.69, 9.17) is 4.74 Å². The molecule has 5 heteroatoms. The number of carbonyl (C=O) groups excluding carboxylic acids is 1. The minimum absolute atomic E-state index is 0.213. The second kappa shape index (κ2) is 8.51. The van der Waals surface area contributed by atoms with Crippen LogP contribution in [0.3, 0.4) is 0 Å². The van der Waals surface area contributed by atoms with Gasteiger partial charge in [0.15, 0.2) is 0 Å². The number of morpholine rings is 1. The summed E-state index contributed by atoms with van der Waals surface area (Å²) in [6.07, 6.45) is 5.58. The topological polar surface area (TPSA) is 53.6 Å². The van der Waals surface area contributed by atoms with E-state index >= 15 is 0 Å². The average Bonchev–Trinajstić information content (AvgIpc) is 3.02. The molecule has 5 nitrogen and oxygen atoms in total. The normalized spacial score (nSPS) is 30.1. The Morgan fingerprint density at radius 3 is 2.54 bits per heavy atom. The molecule has 3 aliphatic rings. The van der Waals surface area contributed by atoms with Gasteiger partial charge in [0.1, 0.15) is 0 Å². The molecule has 0 spiro atoms. The molecule has 3 aliphatic heterocycles. The third kappa shape index (κ3) is 4.45. The van der Waals surface area contributed by atoms with Crippen LogP contribution in [0.5, 0.6) is 0 Å². The van der Waals surface area contributed by atoms with Crippen LogP contribution < -0.4 is 10.6 Å². The Balaban J connectivity index is 1.33. The summed E-state index contributed by atoms with van der Waals surface area (Å²) in [6.45, 7) is 4.07. The zero-order valence-corrected chi connectivity index (χ0v) is 15.5. The smallest absolute Gasteiger partial charge is 0.220 e. The predicted molar refractivity (Wildman–Crippen MR) is 102 cm³/mol. The lowest BCUT2D eigenvalue weighted by Gasteiger charge is -2.35. The summed E-state index contributed by atoms with van der Waals surface area (Å²) in [4.78, 5) is 15.0. The molecule has 3 heterocycles. The minimum Gasteiger partial charge on any atom is -0.379 e. The lowest BCUT2D eigenvalue weighted by Crippen LogP contribution is -2.44. The van der Waals surface area contributed by atoms with Gasteiger partial charge in [-0.25, -0.2) is 0 Å². The molecule has 3 unspecified atom stereocenters. The first-order valence-corrected chi connectivity index (χ1v) is 10.2. The molecule has 142 valence electrons. The van der Waals surface area contributed by atoms with E-state index in [-0.39, 0.29) is 11.9 Å². The number of hydrogen-bond acceptors (Lipinski definition) is 4. The van der Waals surface area contributed by atoms with E-state index in [0.29, 0.717) is 31.0 Å². The Morgan fingerprint density at radius 1 is 1.15 bits per heavy atom. The van der Waals surface area contributed by atoms with Crippen molar-refractivity contribution in [3.8, 4) is 0 Å². The first-order chi connectivity index (χ1) is 12.8. The molecule has 3 atom stereocenters. The summed E-state index contributed by atoms with van der Waals surface area (Å²) in [6, 6.07) is 12.1. The summed E-state index contributed by atoms with van der Waals surface area (Å²) >= 11 is 0. The first-order valence-electron chi connectivity index (χ1n) is 10.2. The van der Waals surface area contributed by atoms with Gasteiger partial charge in [0.2, 0.25) is 5.91 Å². The van der Waals surface area contributed by atoms with E-state index in [1.165, 1.54) is 18.4 Å². The number of ether oxygens (including phenoxy) is 1. The van der Waals surface area contributed by atoms with Crippen LogP contribution in [0.2, 0.25) is 0 Å². The van der Waals surface area contributed by atoms with Crippen molar-refractivity contribution >= 4 is 5.91 Å². The highest BCUT2D eigenvalue weighted by Crippen LogP contribution is 2.32. The molecule has 0 aromatic heterocycles. The molecule has 2 N–H and O–H groups in total. The third-order valence-corrected chi connectivity index (χ3v) is 6.21. The molecule has 26 heavy (non-hydrogen) atoms. The van der Waals surface area contributed by atoms with Gasteiger partial charge in [0.25, 0.3) is 0 Å². The van der Waals surface area contributed by atoms with Crippen LogP contribution in [0.15, 0.2) is 30.3 Å². The maximum Gasteiger partial charge on any atom is 0.220 e. The minimum atomic E-state index is 0.213. The van der Waals surface area contributed by atoms with Gasteiger partial charge in [-0.1, -0.05) is 30.3 Å². The molecular weight excluding hydrogens is 326 g/mol. The van der Waals surface area contributed by atoms with Gasteiger partial charge < -0.3 is 15.4 Å². The van der Waals surface area contributed by atoms with Crippen LogP contribution in [0, 0.1) is 5.92 Å². The fourth-order valence-electron chi connectivity index (χ4n) is 4.91. The summed E-state index contributed by atoms with van der Waals surface area (Å²) in [7, 11) is 0. The van der Waals surface area contributed by atoms with Gasteiger partial charge in [-0.2, -0.15) is 0 Å². The maximum absolute atomic E-state index is 12.6. The zero-order valence-electron chi connectivity index (χ0n) is 15.5. The molecule has 1 aromatic rings. The molecular formula is C21H31N3O2. The van der Waals surface area contributed by atoms with Gasteiger partial charge >= 0.3 is 0 Å². The highest BCUT2D eigenvalue weighted by molar-refractivity contribution is 5.76. The number of nitrogens with zero attached hydrogens (tertiary/aromatic N) is 1. The predicted octanol–water partition coefficient (Wildman–Crippen LogP) is 2.10. The second-order valence-corrected chi connectivity index (χ2v) is 8.06. The number of hydrogen-bond donors (Lipinski definition) is 2. The summed E-state index contributed by atoms with van der Waals surface area (Å²) < 4.78 is 5.50. The second-order valence-electron chi connectivity index (χ2n) is 8.06. The van der Waals surface area contributed by atoms with Crippen molar-refractivity contribution in [1.82, 2.24) is 15.5 Å². The van der Waals surface area contributed by atoms with Gasteiger partial charge in [0.05, 0.1) is 19.3 Å². The Labute approximate surface area is 156 Å². The van der Waals surface area contributed by atoms with E-state index in [2.05, 4.69) is 39.8 Å². The standard InChI is InChI=1S/C21H31N3O2/c25-21(14-16-12-18-6-7-19(13-16)23-18)22-15-20(17-4-2-1-3-5-17)24-8-10-26-11-9-24/h1-5,16,18-20,23H,6-15H2,(H,22,25). The third-order valence-electron chi connectivity index (χ3n) is 6.21. The van der Waals surface area contributed by atoms with Gasteiger partial charge in [-0.3, -0.25) is 9.69 Å². The number of benzene rings is 1. The average molecular weight is 357 g/mol. The van der Waals surface area contributed by atoms with E-state index in [1.807, 2.05) is 6.07 Å². The van der Waals surface area contributed by atoms with Crippen molar-refractivity contribution in [2.45, 2.75) is 50.2 Å². The van der Waals surface area contributed by atoms with E-state index in [1.54, 1.807) is 0 Å². The lowest BCUT2D eigenvalue weighted by atomic mass is 9.89. The monoisotopic (exact) mass is 357 g/mol. The van der Waals surface area contributed by atoms with Crippen molar-refractivity contribution in [2.24, 2.45) is 5.92 Å². The summed E-state index contributed by atoms with van der Waals surface area (Å²) in [5, 5.41) is 6.89. The van der Waals surface area contributed by atoms with Crippen LogP contribution >= 0.6 is 0 Å². The van der Waals surface area contributed by atoms with E-state index < -0.39 is 0 Å². The Morgan fingerprint density at radius 2 is 1.85 bits per heavy atom. The van der Waals surface area contributed by atoms with Gasteiger partial charge in [0, 0.05) is 38.1 Å². The number of amides is 1. The van der Waals surface area contributed by atoms with Crippen molar-refractivity contribution in [3.05, 3.63) is 35.9 Å². The molecule has 3 fully saturated rings. The van der Waals surface area contributed by atoms with Crippen LogP contribution in [0.25, 0.3) is 0 Å². The Kier molecular flexibility index (Phi) is 5.88. The number of rotatable bonds is 6. The van der Waals surface area contributed by atoms with Crippen molar-refractivity contribution < 1.29 is 9.53 Å². The molecule has 2 bridgehead atoms. The van der Waals surface area contributed by atoms with Crippen LogP contribution in [-0.4, -0.2) is 55.7 Å². The number of nitrogens with one attached hydrogen (secondary N) is 2. The van der Waals surface area contributed by atoms with Crippen LogP contribution in [0.4, 0.5) is 0 Å². The van der Waals surface area contributed by atoms with Crippen molar-refractivity contribution in [2.75, 3.05) is 32.8 Å². The largest absolute Gasteiger partial charge is 0.379 e. The Hall–Kier alpha value is -1.43. The van der Waals surface area contributed by atoms with E-state index in [0.717, 1.165) is 39.1 Å². The highest BCUT2D eigenvalue weighted by Gasteiger charge is 2.34. The van der Waals surface area contributed by atoms with E-state index in [9.17, 15) is 4.79 Å². The van der Waals surface area contributed by atoms with Gasteiger partial charge in [-0.15, -0.1) is 0 Å². The van der Waals surface area contributed by atoms with Crippen molar-refractivity contribution in [3.63, 3.8) is 0 Å². The molecule has 0 saturated carbocycles. The summed E-state index contributed by atoms with van der Waals surface area (Å²) in [5.74, 6) is 0.762. The molecule has 4 rings (SSSR count). The van der Waals surface area contributed by atoms with Crippen LogP contribution in [-0.2, 0) is 9.53 Å². The highest BCUT2D eigenvalue weighted by atomic mass is 16.5. The lowest BCUT2D eigenvalue weighted by molar-refractivity contribution is -0.122. The fourth-order valence-corrected chi connectivity index (χ4v) is 4.91. The summed E-state index contributed by atoms with van der Waals surface area (Å²) in [5.41, 5.74) is 1.27.